The molecule has 28 heavy (non-hydrogen) atoms. The number of rotatable bonds is 3. The number of amides is 3. The lowest BCUT2D eigenvalue weighted by Gasteiger charge is -2.23. The quantitative estimate of drug-likeness (QED) is 0.706. The number of benzene rings is 2. The van der Waals surface area contributed by atoms with E-state index in [0.29, 0.717) is 22.4 Å². The smallest absolute Gasteiger partial charge is 0.319 e. The van der Waals surface area contributed by atoms with E-state index in [4.69, 9.17) is 0 Å². The van der Waals surface area contributed by atoms with E-state index in [1.165, 1.54) is 6.92 Å². The van der Waals surface area contributed by atoms with Gasteiger partial charge in [0.15, 0.2) is 0 Å². The predicted molar refractivity (Wildman–Crippen MR) is 97.1 cm³/mol. The van der Waals surface area contributed by atoms with Gasteiger partial charge in [0.1, 0.15) is 17.2 Å². The Bertz CT molecular complexity index is 1130. The first-order valence-corrected chi connectivity index (χ1v) is 8.61. The Hall–Kier alpha value is -3.42. The molecule has 0 radical (unpaired) electrons. The van der Waals surface area contributed by atoms with Crippen LogP contribution in [0.25, 0.3) is 11.0 Å². The Morgan fingerprint density at radius 3 is 2.46 bits per heavy atom. The fourth-order valence-corrected chi connectivity index (χ4v) is 3.33. The highest BCUT2D eigenvalue weighted by molar-refractivity contribution is 6.07. The zero-order valence-electron chi connectivity index (χ0n) is 15.2. The van der Waals surface area contributed by atoms with Gasteiger partial charge in [0.05, 0.1) is 29.0 Å². The average molecular weight is 382 g/mol. The van der Waals surface area contributed by atoms with Crippen LogP contribution in [0, 0.1) is 18.6 Å². The van der Waals surface area contributed by atoms with Crippen molar-refractivity contribution in [3.63, 3.8) is 0 Å². The van der Waals surface area contributed by atoms with Crippen LogP contribution < -0.4 is 5.32 Å². The summed E-state index contributed by atoms with van der Waals surface area (Å²) in [4.78, 5) is 35.3. The Morgan fingerprint density at radius 2 is 1.75 bits per heavy atom. The number of carbonyl (C=O) groups excluding carboxylic acids is 2. The molecule has 1 saturated heterocycles. The van der Waals surface area contributed by atoms with Gasteiger partial charge in [-0.3, -0.25) is 9.69 Å². The van der Waals surface area contributed by atoms with Crippen LogP contribution >= 0.6 is 0 Å². The molecule has 6 nitrogen and oxygen atoms in total. The zero-order chi connectivity index (χ0) is 20.1. The molecule has 3 aromatic rings. The van der Waals surface area contributed by atoms with Crippen LogP contribution in [-0.4, -0.2) is 26.8 Å². The van der Waals surface area contributed by atoms with Gasteiger partial charge in [-0.1, -0.05) is 12.1 Å². The minimum Gasteiger partial charge on any atom is -0.319 e. The predicted octanol–water partition coefficient (Wildman–Crippen LogP) is 3.18. The van der Waals surface area contributed by atoms with Crippen molar-refractivity contribution in [2.75, 3.05) is 0 Å². The number of nitrogens with zero attached hydrogens (tertiary/aromatic N) is 3. The van der Waals surface area contributed by atoms with Crippen LogP contribution in [-0.2, 0) is 16.9 Å². The van der Waals surface area contributed by atoms with Crippen LogP contribution in [0.1, 0.15) is 23.9 Å². The molecule has 2 heterocycles. The fraction of sp³-hybridized carbons (Fsp3) is 0.200. The Morgan fingerprint density at radius 1 is 1.07 bits per heavy atom. The SMILES string of the molecule is Cc1nc2ccccc2nc1CN1C(=O)N[C@](C)(c2cc(F)ccc2F)C1=O. The summed E-state index contributed by atoms with van der Waals surface area (Å²) in [5.74, 6) is -2.16. The third-order valence-corrected chi connectivity index (χ3v) is 4.89. The maximum Gasteiger partial charge on any atom is 0.325 e. The normalized spacial score (nSPS) is 19.4. The van der Waals surface area contributed by atoms with Crippen molar-refractivity contribution in [3.05, 3.63) is 71.1 Å². The molecule has 1 atom stereocenters. The van der Waals surface area contributed by atoms with E-state index in [9.17, 15) is 18.4 Å². The molecule has 1 fully saturated rings. The topological polar surface area (TPSA) is 75.2 Å². The first-order chi connectivity index (χ1) is 13.3. The number of urea groups is 1. The van der Waals surface area contributed by atoms with Crippen LogP contribution in [0.5, 0.6) is 0 Å². The summed E-state index contributed by atoms with van der Waals surface area (Å²) >= 11 is 0. The number of hydrogen-bond acceptors (Lipinski definition) is 4. The maximum absolute atomic E-state index is 14.2. The van der Waals surface area contributed by atoms with Gasteiger partial charge in [-0.25, -0.2) is 23.5 Å². The molecule has 1 aliphatic rings. The highest BCUT2D eigenvalue weighted by Crippen LogP contribution is 2.32. The molecule has 2 aromatic carbocycles. The first-order valence-electron chi connectivity index (χ1n) is 8.61. The van der Waals surface area contributed by atoms with E-state index in [1.54, 1.807) is 13.0 Å². The Labute approximate surface area is 159 Å². The summed E-state index contributed by atoms with van der Waals surface area (Å²) in [6.45, 7) is 2.96. The zero-order valence-corrected chi connectivity index (χ0v) is 15.2. The fourth-order valence-electron chi connectivity index (χ4n) is 3.33. The van der Waals surface area contributed by atoms with Crippen molar-refractivity contribution >= 4 is 23.0 Å². The lowest BCUT2D eigenvalue weighted by atomic mass is 9.91. The largest absolute Gasteiger partial charge is 0.325 e. The summed E-state index contributed by atoms with van der Waals surface area (Å²) in [6.07, 6.45) is 0. The Balaban J connectivity index is 1.70. The number of nitrogens with one attached hydrogen (secondary N) is 1. The number of halogens is 2. The van der Waals surface area contributed by atoms with Gasteiger partial charge in [-0.05, 0) is 44.2 Å². The van der Waals surface area contributed by atoms with Gasteiger partial charge < -0.3 is 5.32 Å². The van der Waals surface area contributed by atoms with E-state index < -0.39 is 29.1 Å². The molecule has 4 rings (SSSR count). The molecular weight excluding hydrogens is 366 g/mol. The monoisotopic (exact) mass is 382 g/mol. The van der Waals surface area contributed by atoms with E-state index in [2.05, 4.69) is 15.3 Å². The average Bonchev–Trinajstić information content (AvgIpc) is 2.88. The van der Waals surface area contributed by atoms with Crippen molar-refractivity contribution in [1.82, 2.24) is 20.2 Å². The molecule has 0 aliphatic carbocycles. The molecule has 1 aliphatic heterocycles. The van der Waals surface area contributed by atoms with E-state index in [-0.39, 0.29) is 12.1 Å². The summed E-state index contributed by atoms with van der Waals surface area (Å²) < 4.78 is 27.9. The molecule has 0 unspecified atom stereocenters. The minimum absolute atomic E-state index is 0.124. The molecule has 1 aromatic heterocycles. The van der Waals surface area contributed by atoms with Crippen LogP contribution in [0.3, 0.4) is 0 Å². The number of carbonyl (C=O) groups is 2. The maximum atomic E-state index is 14.2. The van der Waals surface area contributed by atoms with Crippen molar-refractivity contribution < 1.29 is 18.4 Å². The lowest BCUT2D eigenvalue weighted by Crippen LogP contribution is -2.41. The molecule has 0 bridgehead atoms. The van der Waals surface area contributed by atoms with Crippen molar-refractivity contribution in [2.45, 2.75) is 25.9 Å². The second kappa shape index (κ2) is 6.33. The van der Waals surface area contributed by atoms with E-state index in [1.807, 2.05) is 18.2 Å². The number of aromatic nitrogens is 2. The van der Waals surface area contributed by atoms with Gasteiger partial charge in [0.2, 0.25) is 0 Å². The second-order valence-corrected chi connectivity index (χ2v) is 6.82. The number of aryl methyl sites for hydroxylation is 1. The molecule has 8 heteroatoms. The standard InChI is InChI=1S/C20H16F2N4O2/c1-11-17(24-16-6-4-3-5-15(16)23-11)10-26-18(27)20(2,25-19(26)28)13-9-12(21)7-8-14(13)22/h3-9H,10H2,1-2H3,(H,25,28)/t20-/m1/s1. The first kappa shape index (κ1) is 18.0. The highest BCUT2D eigenvalue weighted by atomic mass is 19.1. The van der Waals surface area contributed by atoms with Crippen LogP contribution in [0.15, 0.2) is 42.5 Å². The third kappa shape index (κ3) is 2.77. The number of para-hydroxylation sites is 2. The van der Waals surface area contributed by atoms with Crippen molar-refractivity contribution in [1.29, 1.82) is 0 Å². The molecular formula is C20H16F2N4O2. The summed E-state index contributed by atoms with van der Waals surface area (Å²) in [6, 6.07) is 9.34. The van der Waals surface area contributed by atoms with Gasteiger partial charge in [0.25, 0.3) is 5.91 Å². The van der Waals surface area contributed by atoms with E-state index >= 15 is 0 Å². The van der Waals surface area contributed by atoms with Crippen LogP contribution in [0.4, 0.5) is 13.6 Å². The molecule has 0 spiro atoms. The minimum atomic E-state index is -1.71. The van der Waals surface area contributed by atoms with Gasteiger partial charge in [-0.2, -0.15) is 0 Å². The summed E-state index contributed by atoms with van der Waals surface area (Å²) in [5, 5.41) is 2.47. The van der Waals surface area contributed by atoms with Crippen LogP contribution in [0.2, 0.25) is 0 Å². The van der Waals surface area contributed by atoms with Gasteiger partial charge in [-0.15, -0.1) is 0 Å². The van der Waals surface area contributed by atoms with Gasteiger partial charge >= 0.3 is 6.03 Å². The molecule has 142 valence electrons. The molecule has 1 N–H and O–H groups in total. The van der Waals surface area contributed by atoms with Crippen molar-refractivity contribution in [2.24, 2.45) is 0 Å². The molecule has 0 saturated carbocycles. The molecule has 3 amide bonds. The highest BCUT2D eigenvalue weighted by Gasteiger charge is 2.50. The van der Waals surface area contributed by atoms with Gasteiger partial charge in [0, 0.05) is 5.56 Å². The summed E-state index contributed by atoms with van der Waals surface area (Å²) in [7, 11) is 0. The van der Waals surface area contributed by atoms with E-state index in [0.717, 1.165) is 23.1 Å². The lowest BCUT2D eigenvalue weighted by molar-refractivity contribution is -0.131. The third-order valence-electron chi connectivity index (χ3n) is 4.89. The number of hydrogen-bond donors (Lipinski definition) is 1. The number of imide groups is 1. The van der Waals surface area contributed by atoms with Crippen molar-refractivity contribution in [3.8, 4) is 0 Å². The Kier molecular flexibility index (Phi) is 4.06. The second-order valence-electron chi connectivity index (χ2n) is 6.82. The summed E-state index contributed by atoms with van der Waals surface area (Å²) in [5.41, 5.74) is 0.425. The number of fused-ring (bicyclic) bond motifs is 1.